The molecule has 1 aromatic heterocycles. The topological polar surface area (TPSA) is 113 Å². The molecule has 1 aromatic carbocycles. The second kappa shape index (κ2) is 8.52. The average Bonchev–Trinajstić information content (AvgIpc) is 3.07. The van der Waals surface area contributed by atoms with Crippen LogP contribution in [0.5, 0.6) is 0 Å². The van der Waals surface area contributed by atoms with Gasteiger partial charge in [0.1, 0.15) is 0 Å². The van der Waals surface area contributed by atoms with E-state index in [0.29, 0.717) is 23.6 Å². The molecular formula is C18H22ClN5O4S. The zero-order valence-corrected chi connectivity index (χ0v) is 17.6. The van der Waals surface area contributed by atoms with Crippen LogP contribution in [-0.2, 0) is 21.9 Å². The molecule has 2 aromatic rings. The van der Waals surface area contributed by atoms with Gasteiger partial charge in [-0.05, 0) is 37.1 Å². The quantitative estimate of drug-likeness (QED) is 0.732. The van der Waals surface area contributed by atoms with Gasteiger partial charge in [-0.15, -0.1) is 0 Å². The first-order valence-corrected chi connectivity index (χ1v) is 10.9. The first-order valence-electron chi connectivity index (χ1n) is 9.04. The molecular weight excluding hydrogens is 418 g/mol. The summed E-state index contributed by atoms with van der Waals surface area (Å²) < 4.78 is 28.3. The van der Waals surface area contributed by atoms with Gasteiger partial charge >= 0.3 is 0 Å². The van der Waals surface area contributed by atoms with Gasteiger partial charge in [0, 0.05) is 44.3 Å². The zero-order valence-electron chi connectivity index (χ0n) is 16.1. The van der Waals surface area contributed by atoms with Gasteiger partial charge in [0.15, 0.2) is 5.69 Å². The fourth-order valence-corrected chi connectivity index (χ4v) is 4.81. The first kappa shape index (κ1) is 21.3. The third-order valence-electron chi connectivity index (χ3n) is 4.80. The Balaban J connectivity index is 1.64. The van der Waals surface area contributed by atoms with Crippen molar-refractivity contribution in [2.75, 3.05) is 25.5 Å². The molecule has 3 rings (SSSR count). The Morgan fingerprint density at radius 1 is 1.17 bits per heavy atom. The summed E-state index contributed by atoms with van der Waals surface area (Å²) in [6.07, 6.45) is 2.32. The van der Waals surface area contributed by atoms with Crippen LogP contribution < -0.4 is 10.6 Å². The molecule has 0 spiro atoms. The minimum Gasteiger partial charge on any atom is -0.354 e. The largest absolute Gasteiger partial charge is 0.354 e. The van der Waals surface area contributed by atoms with Crippen molar-refractivity contribution < 1.29 is 18.0 Å². The summed E-state index contributed by atoms with van der Waals surface area (Å²) >= 11 is 5.83. The smallest absolute Gasteiger partial charge is 0.273 e. The third kappa shape index (κ3) is 4.60. The highest BCUT2D eigenvalue weighted by Gasteiger charge is 2.32. The monoisotopic (exact) mass is 439 g/mol. The minimum absolute atomic E-state index is 0.131. The second-order valence-corrected chi connectivity index (χ2v) is 9.14. The van der Waals surface area contributed by atoms with E-state index in [1.165, 1.54) is 40.3 Å². The Hall–Kier alpha value is -2.43. The van der Waals surface area contributed by atoms with E-state index < -0.39 is 15.9 Å². The lowest BCUT2D eigenvalue weighted by molar-refractivity contribution is -0.120. The number of halogens is 1. The Morgan fingerprint density at radius 2 is 1.79 bits per heavy atom. The lowest BCUT2D eigenvalue weighted by Gasteiger charge is -2.30. The highest BCUT2D eigenvalue weighted by Crippen LogP contribution is 2.26. The molecule has 0 radical (unpaired) electrons. The average molecular weight is 440 g/mol. The molecule has 156 valence electrons. The highest BCUT2D eigenvalue weighted by atomic mass is 35.5. The number of aryl methyl sites for hydroxylation is 1. The van der Waals surface area contributed by atoms with Crippen LogP contribution in [0.25, 0.3) is 0 Å². The van der Waals surface area contributed by atoms with E-state index in [0.717, 1.165) is 0 Å². The van der Waals surface area contributed by atoms with Gasteiger partial charge in [-0.25, -0.2) is 8.42 Å². The molecule has 2 heterocycles. The summed E-state index contributed by atoms with van der Waals surface area (Å²) in [4.78, 5) is 24.7. The number of hydrogen-bond donors (Lipinski definition) is 2. The van der Waals surface area contributed by atoms with Gasteiger partial charge in [0.25, 0.3) is 5.91 Å². The van der Waals surface area contributed by atoms with Gasteiger partial charge in [-0.2, -0.15) is 9.40 Å². The van der Waals surface area contributed by atoms with Crippen molar-refractivity contribution in [2.24, 2.45) is 13.0 Å². The van der Waals surface area contributed by atoms with E-state index in [9.17, 15) is 18.0 Å². The number of carbonyl (C=O) groups excluding carboxylic acids is 2. The molecule has 0 aliphatic carbocycles. The maximum absolute atomic E-state index is 12.7. The Morgan fingerprint density at radius 3 is 2.38 bits per heavy atom. The number of benzene rings is 1. The van der Waals surface area contributed by atoms with Crippen LogP contribution in [0, 0.1) is 5.92 Å². The number of amides is 2. The minimum atomic E-state index is -3.63. The van der Waals surface area contributed by atoms with Crippen LogP contribution >= 0.6 is 11.6 Å². The Kier molecular flexibility index (Phi) is 6.25. The maximum atomic E-state index is 12.7. The van der Waals surface area contributed by atoms with Crippen LogP contribution in [0.1, 0.15) is 23.3 Å². The van der Waals surface area contributed by atoms with E-state index in [-0.39, 0.29) is 35.5 Å². The summed E-state index contributed by atoms with van der Waals surface area (Å²) in [6, 6.07) is 6.01. The predicted molar refractivity (Wildman–Crippen MR) is 108 cm³/mol. The number of sulfonamides is 1. The van der Waals surface area contributed by atoms with Gasteiger partial charge in [-0.3, -0.25) is 14.3 Å². The maximum Gasteiger partial charge on any atom is 0.273 e. The molecule has 1 saturated heterocycles. The van der Waals surface area contributed by atoms with Crippen LogP contribution in [-0.4, -0.2) is 54.5 Å². The van der Waals surface area contributed by atoms with E-state index in [1.54, 1.807) is 13.2 Å². The summed E-state index contributed by atoms with van der Waals surface area (Å²) in [7, 11) is -0.488. The summed E-state index contributed by atoms with van der Waals surface area (Å²) in [5.74, 6) is -1.01. The molecule has 1 aliphatic rings. The lowest BCUT2D eigenvalue weighted by atomic mass is 9.97. The standard InChI is InChI=1S/C18H22ClN5O4S/c1-20-18(26)16-15(11-23(2)22-16)21-17(25)12-7-9-24(10-8-12)29(27,28)14-5-3-13(19)4-6-14/h3-6,11-12H,7-10H2,1-2H3,(H,20,26)(H,21,25). The van der Waals surface area contributed by atoms with E-state index in [2.05, 4.69) is 15.7 Å². The van der Waals surface area contributed by atoms with E-state index in [4.69, 9.17) is 11.6 Å². The summed E-state index contributed by atoms with van der Waals surface area (Å²) in [5, 5.41) is 9.74. The molecule has 1 aliphatic heterocycles. The molecule has 11 heteroatoms. The van der Waals surface area contributed by atoms with Crippen molar-refractivity contribution in [1.29, 1.82) is 0 Å². The van der Waals surface area contributed by atoms with Gasteiger partial charge in [0.2, 0.25) is 15.9 Å². The van der Waals surface area contributed by atoms with Gasteiger partial charge in [0.05, 0.1) is 10.6 Å². The Labute approximate surface area is 174 Å². The van der Waals surface area contributed by atoms with Crippen LogP contribution in [0.3, 0.4) is 0 Å². The third-order valence-corrected chi connectivity index (χ3v) is 6.97. The van der Waals surface area contributed by atoms with Gasteiger partial charge in [-0.1, -0.05) is 11.6 Å². The number of rotatable bonds is 5. The van der Waals surface area contributed by atoms with Crippen molar-refractivity contribution in [3.8, 4) is 0 Å². The summed E-state index contributed by atoms with van der Waals surface area (Å²) in [6.45, 7) is 0.469. The molecule has 2 N–H and O–H groups in total. The van der Waals surface area contributed by atoms with Crippen LogP contribution in [0.2, 0.25) is 5.02 Å². The molecule has 0 bridgehead atoms. The fourth-order valence-electron chi connectivity index (χ4n) is 3.21. The summed E-state index contributed by atoms with van der Waals surface area (Å²) in [5.41, 5.74) is 0.458. The SMILES string of the molecule is CNC(=O)c1nn(C)cc1NC(=O)C1CCN(S(=O)(=O)c2ccc(Cl)cc2)CC1. The molecule has 9 nitrogen and oxygen atoms in total. The highest BCUT2D eigenvalue weighted by molar-refractivity contribution is 7.89. The molecule has 1 fully saturated rings. The van der Waals surface area contributed by atoms with Crippen molar-refractivity contribution in [1.82, 2.24) is 19.4 Å². The first-order chi connectivity index (χ1) is 13.7. The lowest BCUT2D eigenvalue weighted by Crippen LogP contribution is -2.41. The zero-order chi connectivity index (χ0) is 21.2. The van der Waals surface area contributed by atoms with Crippen molar-refractivity contribution in [2.45, 2.75) is 17.7 Å². The Bertz CT molecular complexity index is 1010. The molecule has 0 atom stereocenters. The fraction of sp³-hybridized carbons (Fsp3) is 0.389. The number of aromatic nitrogens is 2. The number of nitrogens with one attached hydrogen (secondary N) is 2. The van der Waals surface area contributed by atoms with Gasteiger partial charge < -0.3 is 10.6 Å². The predicted octanol–water partition coefficient (Wildman–Crippen LogP) is 1.47. The van der Waals surface area contributed by atoms with Crippen molar-refractivity contribution >= 4 is 39.1 Å². The molecule has 29 heavy (non-hydrogen) atoms. The van der Waals surface area contributed by atoms with Crippen LogP contribution in [0.15, 0.2) is 35.4 Å². The number of nitrogens with zero attached hydrogens (tertiary/aromatic N) is 3. The van der Waals surface area contributed by atoms with E-state index >= 15 is 0 Å². The van der Waals surface area contributed by atoms with E-state index in [1.807, 2.05) is 0 Å². The number of carbonyl (C=O) groups is 2. The molecule has 2 amide bonds. The molecule has 0 unspecified atom stereocenters. The van der Waals surface area contributed by atoms with Crippen molar-refractivity contribution in [3.63, 3.8) is 0 Å². The second-order valence-electron chi connectivity index (χ2n) is 6.77. The molecule has 0 saturated carbocycles. The van der Waals surface area contributed by atoms with Crippen molar-refractivity contribution in [3.05, 3.63) is 41.2 Å². The number of hydrogen-bond acceptors (Lipinski definition) is 5. The van der Waals surface area contributed by atoms with Crippen LogP contribution in [0.4, 0.5) is 5.69 Å². The number of piperidine rings is 1. The number of anilines is 1. The normalized spacial score (nSPS) is 15.8.